The van der Waals surface area contributed by atoms with Gasteiger partial charge in [0.25, 0.3) is 5.71 Å². The lowest BCUT2D eigenvalue weighted by Crippen LogP contribution is -2.30. The molecule has 1 N–H and O–H groups in total. The average Bonchev–Trinajstić information content (AvgIpc) is 3.14. The normalized spacial score (nSPS) is 30.9. The second-order valence-corrected chi connectivity index (χ2v) is 6.04. The molecule has 0 spiro atoms. The molecule has 4 atom stereocenters. The first-order valence-electron chi connectivity index (χ1n) is 7.13. The van der Waals surface area contributed by atoms with Gasteiger partial charge in [-0.2, -0.15) is 4.98 Å². The highest BCUT2D eigenvalue weighted by Gasteiger charge is 2.41. The van der Waals surface area contributed by atoms with Crippen LogP contribution in [-0.2, 0) is 0 Å². The molecule has 19 heavy (non-hydrogen) atoms. The quantitative estimate of drug-likeness (QED) is 0.917. The molecule has 0 amide bonds. The minimum atomic E-state index is 0.448. The zero-order valence-electron chi connectivity index (χ0n) is 11.0. The third kappa shape index (κ3) is 1.79. The molecular formula is C14H18N4O. The Balaban J connectivity index is 1.56. The summed E-state index contributed by atoms with van der Waals surface area (Å²) >= 11 is 0. The Bertz CT molecular complexity index is 596. The molecular weight excluding hydrogens is 240 g/mol. The van der Waals surface area contributed by atoms with Crippen LogP contribution in [-0.4, -0.2) is 21.2 Å². The molecule has 0 saturated heterocycles. The molecule has 2 heterocycles. The molecule has 5 heteroatoms. The molecule has 2 aliphatic rings. The van der Waals surface area contributed by atoms with Gasteiger partial charge in [-0.05, 0) is 43.9 Å². The van der Waals surface area contributed by atoms with Crippen LogP contribution in [0, 0.1) is 17.8 Å². The predicted molar refractivity (Wildman–Crippen MR) is 71.6 cm³/mol. The summed E-state index contributed by atoms with van der Waals surface area (Å²) in [7, 11) is 0. The highest BCUT2D eigenvalue weighted by molar-refractivity contribution is 5.84. The number of hydrogen-bond donors (Lipinski definition) is 1. The Morgan fingerprint density at radius 1 is 1.32 bits per heavy atom. The zero-order chi connectivity index (χ0) is 12.8. The van der Waals surface area contributed by atoms with E-state index in [0.717, 1.165) is 29.0 Å². The van der Waals surface area contributed by atoms with Gasteiger partial charge in [-0.3, -0.25) is 0 Å². The minimum absolute atomic E-state index is 0.448. The maximum absolute atomic E-state index is 5.07. The van der Waals surface area contributed by atoms with Crippen molar-refractivity contribution in [3.05, 3.63) is 12.5 Å². The van der Waals surface area contributed by atoms with Crippen LogP contribution in [0.5, 0.6) is 0 Å². The Hall–Kier alpha value is -1.65. The fourth-order valence-corrected chi connectivity index (χ4v) is 4.04. The van der Waals surface area contributed by atoms with Gasteiger partial charge in [0.05, 0.1) is 6.20 Å². The lowest BCUT2D eigenvalue weighted by Gasteiger charge is -2.28. The van der Waals surface area contributed by atoms with Gasteiger partial charge in [0, 0.05) is 6.04 Å². The van der Waals surface area contributed by atoms with Crippen molar-refractivity contribution >= 4 is 16.9 Å². The first-order valence-corrected chi connectivity index (χ1v) is 7.13. The Labute approximate surface area is 111 Å². The highest BCUT2D eigenvalue weighted by atomic mass is 16.5. The van der Waals surface area contributed by atoms with Crippen molar-refractivity contribution in [3.63, 3.8) is 0 Å². The van der Waals surface area contributed by atoms with E-state index in [1.165, 1.54) is 32.0 Å². The Morgan fingerprint density at radius 3 is 3.05 bits per heavy atom. The van der Waals surface area contributed by atoms with E-state index < -0.39 is 0 Å². The number of fused-ring (bicyclic) bond motifs is 3. The van der Waals surface area contributed by atoms with Gasteiger partial charge in [-0.15, -0.1) is 0 Å². The summed E-state index contributed by atoms with van der Waals surface area (Å²) in [5.41, 5.74) is 0.553. The number of rotatable bonds is 3. The molecule has 2 aromatic heterocycles. The molecule has 2 saturated carbocycles. The Morgan fingerprint density at radius 2 is 2.26 bits per heavy atom. The van der Waals surface area contributed by atoms with Crippen molar-refractivity contribution in [2.24, 2.45) is 17.8 Å². The predicted octanol–water partition coefficient (Wildman–Crippen LogP) is 2.85. The van der Waals surface area contributed by atoms with Crippen LogP contribution in [0.1, 0.15) is 32.6 Å². The van der Waals surface area contributed by atoms with E-state index in [9.17, 15) is 0 Å². The first-order chi connectivity index (χ1) is 9.31. The summed E-state index contributed by atoms with van der Waals surface area (Å²) in [4.78, 5) is 8.39. The molecule has 0 aromatic carbocycles. The molecule has 5 nitrogen and oxygen atoms in total. The molecule has 4 rings (SSSR count). The third-order valence-corrected chi connectivity index (χ3v) is 4.97. The highest BCUT2D eigenvalue weighted by Crippen LogP contribution is 2.49. The van der Waals surface area contributed by atoms with Crippen LogP contribution in [0.25, 0.3) is 11.1 Å². The van der Waals surface area contributed by atoms with Gasteiger partial charge < -0.3 is 9.84 Å². The summed E-state index contributed by atoms with van der Waals surface area (Å²) in [5, 5.41) is 8.21. The monoisotopic (exact) mass is 258 g/mol. The van der Waals surface area contributed by atoms with E-state index in [1.807, 2.05) is 0 Å². The largest absolute Gasteiger partial charge is 0.367 e. The van der Waals surface area contributed by atoms with Crippen LogP contribution in [0.4, 0.5) is 5.82 Å². The minimum Gasteiger partial charge on any atom is -0.367 e. The van der Waals surface area contributed by atoms with Crippen LogP contribution in [0.2, 0.25) is 0 Å². The average molecular weight is 258 g/mol. The SMILES string of the molecule is CC(Nc1ncnc2oncc12)C1CC2CCC1C2. The summed E-state index contributed by atoms with van der Waals surface area (Å²) in [6.45, 7) is 2.27. The smallest absolute Gasteiger partial charge is 0.262 e. The van der Waals surface area contributed by atoms with Crippen LogP contribution in [0.3, 0.4) is 0 Å². The number of hydrogen-bond acceptors (Lipinski definition) is 5. The summed E-state index contributed by atoms with van der Waals surface area (Å²) in [6.07, 6.45) is 8.87. The third-order valence-electron chi connectivity index (χ3n) is 4.97. The van der Waals surface area contributed by atoms with Gasteiger partial charge >= 0.3 is 0 Å². The van der Waals surface area contributed by atoms with E-state index in [4.69, 9.17) is 4.52 Å². The van der Waals surface area contributed by atoms with Crippen molar-refractivity contribution in [2.75, 3.05) is 5.32 Å². The lowest BCUT2D eigenvalue weighted by molar-refractivity contribution is 0.304. The van der Waals surface area contributed by atoms with Crippen molar-refractivity contribution in [3.8, 4) is 0 Å². The fraction of sp³-hybridized carbons (Fsp3) is 0.643. The lowest BCUT2D eigenvalue weighted by atomic mass is 9.84. The van der Waals surface area contributed by atoms with Gasteiger partial charge in [0.1, 0.15) is 17.5 Å². The molecule has 0 aliphatic heterocycles. The van der Waals surface area contributed by atoms with Crippen LogP contribution < -0.4 is 5.32 Å². The van der Waals surface area contributed by atoms with Crippen molar-refractivity contribution < 1.29 is 4.52 Å². The number of nitrogens with zero attached hydrogens (tertiary/aromatic N) is 3. The molecule has 2 aliphatic carbocycles. The van der Waals surface area contributed by atoms with Gasteiger partial charge in [-0.1, -0.05) is 11.6 Å². The molecule has 4 unspecified atom stereocenters. The second-order valence-electron chi connectivity index (χ2n) is 6.04. The second kappa shape index (κ2) is 4.18. The maximum atomic E-state index is 5.07. The van der Waals surface area contributed by atoms with Crippen LogP contribution in [0.15, 0.2) is 17.0 Å². The number of aromatic nitrogens is 3. The van der Waals surface area contributed by atoms with Crippen molar-refractivity contribution in [2.45, 2.75) is 38.6 Å². The summed E-state index contributed by atoms with van der Waals surface area (Å²) in [5.74, 6) is 3.51. The van der Waals surface area contributed by atoms with E-state index >= 15 is 0 Å². The first kappa shape index (κ1) is 11.2. The number of anilines is 1. The maximum Gasteiger partial charge on any atom is 0.262 e. The molecule has 2 bridgehead atoms. The van der Waals surface area contributed by atoms with Gasteiger partial charge in [0.2, 0.25) is 0 Å². The topological polar surface area (TPSA) is 63.8 Å². The van der Waals surface area contributed by atoms with Crippen LogP contribution >= 0.6 is 0 Å². The number of nitrogens with one attached hydrogen (secondary N) is 1. The molecule has 100 valence electrons. The standard InChI is InChI=1S/C14H18N4O/c1-8(11-5-9-2-3-10(11)4-9)18-13-12-6-17-19-14(12)16-7-15-13/h6-11H,2-5H2,1H3,(H,15,16,18). The fourth-order valence-electron chi connectivity index (χ4n) is 4.04. The zero-order valence-corrected chi connectivity index (χ0v) is 11.0. The molecule has 2 fully saturated rings. The van der Waals surface area contributed by atoms with Gasteiger partial charge in [-0.25, -0.2) is 4.98 Å². The molecule has 0 radical (unpaired) electrons. The summed E-state index contributed by atoms with van der Waals surface area (Å²) in [6, 6.07) is 0.448. The van der Waals surface area contributed by atoms with E-state index in [1.54, 1.807) is 6.20 Å². The van der Waals surface area contributed by atoms with Crippen molar-refractivity contribution in [1.82, 2.24) is 15.1 Å². The molecule has 2 aromatic rings. The van der Waals surface area contributed by atoms with E-state index in [2.05, 4.69) is 27.4 Å². The van der Waals surface area contributed by atoms with Gasteiger partial charge in [0.15, 0.2) is 0 Å². The van der Waals surface area contributed by atoms with E-state index in [0.29, 0.717) is 11.8 Å². The Kier molecular flexibility index (Phi) is 2.47. The van der Waals surface area contributed by atoms with Crippen molar-refractivity contribution in [1.29, 1.82) is 0 Å². The van der Waals surface area contributed by atoms with E-state index in [-0.39, 0.29) is 0 Å². The summed E-state index contributed by atoms with van der Waals surface area (Å²) < 4.78 is 5.07.